The van der Waals surface area contributed by atoms with E-state index in [0.29, 0.717) is 5.15 Å². The number of alkyl halides is 1. The molecule has 1 nitrogen and oxygen atoms in total. The number of pyridine rings is 1. The Bertz CT molecular complexity index is 237. The molecule has 0 aliphatic heterocycles. The standard InChI is InChI=1S/C7H7BrClN/c1-5-2-6(3-8)4-10-7(5)9/h2,4H,3H2,1H3. The number of aryl methyl sites for hydroxylation is 1. The number of nitrogens with zero attached hydrogens (tertiary/aromatic N) is 1. The van der Waals surface area contributed by atoms with Crippen LogP contribution in [0.3, 0.4) is 0 Å². The van der Waals surface area contributed by atoms with Crippen LogP contribution >= 0.6 is 27.5 Å². The van der Waals surface area contributed by atoms with Gasteiger partial charge in [0.25, 0.3) is 0 Å². The Morgan fingerprint density at radius 2 is 2.40 bits per heavy atom. The molecule has 0 atom stereocenters. The van der Waals surface area contributed by atoms with E-state index in [-0.39, 0.29) is 0 Å². The van der Waals surface area contributed by atoms with Gasteiger partial charge < -0.3 is 0 Å². The van der Waals surface area contributed by atoms with Crippen molar-refractivity contribution >= 4 is 27.5 Å². The third kappa shape index (κ3) is 1.70. The molecule has 0 amide bonds. The molecule has 0 saturated carbocycles. The Hall–Kier alpha value is -0.0800. The van der Waals surface area contributed by atoms with Crippen LogP contribution < -0.4 is 0 Å². The van der Waals surface area contributed by atoms with Crippen LogP contribution in [0, 0.1) is 6.92 Å². The molecule has 3 heteroatoms. The smallest absolute Gasteiger partial charge is 0.131 e. The van der Waals surface area contributed by atoms with Gasteiger partial charge >= 0.3 is 0 Å². The molecule has 54 valence electrons. The van der Waals surface area contributed by atoms with Gasteiger partial charge in [0.2, 0.25) is 0 Å². The van der Waals surface area contributed by atoms with Gasteiger partial charge in [-0.2, -0.15) is 0 Å². The zero-order chi connectivity index (χ0) is 7.56. The van der Waals surface area contributed by atoms with Crippen molar-refractivity contribution in [1.29, 1.82) is 0 Å². The summed E-state index contributed by atoms with van der Waals surface area (Å²) in [6, 6.07) is 2.02. The summed E-state index contributed by atoms with van der Waals surface area (Å²) in [5.41, 5.74) is 2.18. The quantitative estimate of drug-likeness (QED) is 0.524. The van der Waals surface area contributed by atoms with E-state index in [9.17, 15) is 0 Å². The molecule has 0 aliphatic carbocycles. The van der Waals surface area contributed by atoms with Crippen LogP contribution in [0.4, 0.5) is 0 Å². The molecule has 0 unspecified atom stereocenters. The largest absolute Gasteiger partial charge is 0.244 e. The Morgan fingerprint density at radius 3 is 2.90 bits per heavy atom. The Morgan fingerprint density at radius 1 is 1.70 bits per heavy atom. The highest BCUT2D eigenvalue weighted by molar-refractivity contribution is 9.08. The molecule has 1 aromatic rings. The van der Waals surface area contributed by atoms with E-state index < -0.39 is 0 Å². The molecule has 10 heavy (non-hydrogen) atoms. The average Bonchev–Trinajstić information content (AvgIpc) is 1.95. The zero-order valence-corrected chi connectivity index (χ0v) is 7.91. The van der Waals surface area contributed by atoms with Gasteiger partial charge in [0.1, 0.15) is 5.15 Å². The molecule has 0 bridgehead atoms. The van der Waals surface area contributed by atoms with Crippen molar-refractivity contribution in [3.05, 3.63) is 28.5 Å². The fourth-order valence-corrected chi connectivity index (χ4v) is 1.10. The summed E-state index contributed by atoms with van der Waals surface area (Å²) in [6.45, 7) is 1.95. The van der Waals surface area contributed by atoms with Crippen LogP contribution in [0.25, 0.3) is 0 Å². The minimum Gasteiger partial charge on any atom is -0.244 e. The molecule has 1 aromatic heterocycles. The number of hydrogen-bond acceptors (Lipinski definition) is 1. The highest BCUT2D eigenvalue weighted by Gasteiger charge is 1.96. The minimum atomic E-state index is 0.588. The van der Waals surface area contributed by atoms with Crippen LogP contribution in [0.1, 0.15) is 11.1 Å². The second-order valence-corrected chi connectivity index (χ2v) is 3.00. The molecular weight excluding hydrogens is 213 g/mol. The third-order valence-corrected chi connectivity index (χ3v) is 2.27. The number of halogens is 2. The van der Waals surface area contributed by atoms with Crippen molar-refractivity contribution in [2.45, 2.75) is 12.3 Å². The lowest BCUT2D eigenvalue weighted by atomic mass is 10.2. The Kier molecular flexibility index (Phi) is 2.69. The van der Waals surface area contributed by atoms with Crippen molar-refractivity contribution < 1.29 is 0 Å². The van der Waals surface area contributed by atoms with Gasteiger partial charge in [-0.3, -0.25) is 0 Å². The predicted octanol–water partition coefficient (Wildman–Crippen LogP) is 2.94. The van der Waals surface area contributed by atoms with Crippen LogP contribution in [0.5, 0.6) is 0 Å². The maximum absolute atomic E-state index is 5.71. The summed E-state index contributed by atoms with van der Waals surface area (Å²) in [6.07, 6.45) is 1.77. The van der Waals surface area contributed by atoms with E-state index in [1.54, 1.807) is 6.20 Å². The van der Waals surface area contributed by atoms with Gasteiger partial charge in [-0.15, -0.1) is 0 Å². The summed E-state index contributed by atoms with van der Waals surface area (Å²) >= 11 is 9.04. The first-order valence-corrected chi connectivity index (χ1v) is 4.41. The van der Waals surface area contributed by atoms with Crippen molar-refractivity contribution in [3.8, 4) is 0 Å². The van der Waals surface area contributed by atoms with Crippen LogP contribution in [-0.2, 0) is 5.33 Å². The summed E-state index contributed by atoms with van der Waals surface area (Å²) in [5, 5.41) is 1.42. The summed E-state index contributed by atoms with van der Waals surface area (Å²) in [5.74, 6) is 0. The van der Waals surface area contributed by atoms with Gasteiger partial charge in [-0.1, -0.05) is 33.6 Å². The van der Waals surface area contributed by atoms with E-state index in [1.165, 1.54) is 0 Å². The van der Waals surface area contributed by atoms with Gasteiger partial charge in [0.05, 0.1) is 0 Å². The second kappa shape index (κ2) is 3.35. The molecule has 1 heterocycles. The third-order valence-electron chi connectivity index (χ3n) is 1.23. The van der Waals surface area contributed by atoms with E-state index in [1.807, 2.05) is 13.0 Å². The SMILES string of the molecule is Cc1cc(CBr)cnc1Cl. The maximum Gasteiger partial charge on any atom is 0.131 e. The van der Waals surface area contributed by atoms with E-state index >= 15 is 0 Å². The summed E-state index contributed by atoms with van der Waals surface area (Å²) in [4.78, 5) is 3.98. The van der Waals surface area contributed by atoms with Crippen molar-refractivity contribution in [3.63, 3.8) is 0 Å². The Balaban J connectivity index is 3.04. The van der Waals surface area contributed by atoms with Crippen molar-refractivity contribution in [1.82, 2.24) is 4.98 Å². The summed E-state index contributed by atoms with van der Waals surface area (Å²) in [7, 11) is 0. The van der Waals surface area contributed by atoms with Crippen LogP contribution in [0.2, 0.25) is 5.15 Å². The molecule has 0 saturated heterocycles. The molecule has 0 aromatic carbocycles. The first kappa shape index (κ1) is 8.02. The number of aromatic nitrogens is 1. The van der Waals surface area contributed by atoms with Crippen LogP contribution in [0.15, 0.2) is 12.3 Å². The monoisotopic (exact) mass is 219 g/mol. The van der Waals surface area contributed by atoms with Gasteiger partial charge in [-0.25, -0.2) is 4.98 Å². The van der Waals surface area contributed by atoms with Crippen LogP contribution in [-0.4, -0.2) is 4.98 Å². The topological polar surface area (TPSA) is 12.9 Å². The zero-order valence-electron chi connectivity index (χ0n) is 5.56. The fourth-order valence-electron chi connectivity index (χ4n) is 0.689. The van der Waals surface area contributed by atoms with Crippen molar-refractivity contribution in [2.75, 3.05) is 0 Å². The van der Waals surface area contributed by atoms with E-state index in [0.717, 1.165) is 16.5 Å². The number of hydrogen-bond donors (Lipinski definition) is 0. The van der Waals surface area contributed by atoms with E-state index in [4.69, 9.17) is 11.6 Å². The highest BCUT2D eigenvalue weighted by atomic mass is 79.9. The molecule has 0 aliphatic rings. The van der Waals surface area contributed by atoms with Gasteiger partial charge in [0.15, 0.2) is 0 Å². The highest BCUT2D eigenvalue weighted by Crippen LogP contribution is 2.13. The minimum absolute atomic E-state index is 0.588. The number of rotatable bonds is 1. The lowest BCUT2D eigenvalue weighted by Gasteiger charge is -1.97. The first-order chi connectivity index (χ1) is 4.74. The maximum atomic E-state index is 5.71. The normalized spacial score (nSPS) is 9.90. The fraction of sp³-hybridized carbons (Fsp3) is 0.286. The van der Waals surface area contributed by atoms with Gasteiger partial charge in [0, 0.05) is 11.5 Å². The molecule has 0 N–H and O–H groups in total. The second-order valence-electron chi connectivity index (χ2n) is 2.08. The molecule has 0 radical (unpaired) electrons. The molecule has 0 spiro atoms. The van der Waals surface area contributed by atoms with Crippen molar-refractivity contribution in [2.24, 2.45) is 0 Å². The molecule has 0 fully saturated rings. The molecular formula is C7H7BrClN. The first-order valence-electron chi connectivity index (χ1n) is 2.91. The molecule has 1 rings (SSSR count). The average molecular weight is 220 g/mol. The predicted molar refractivity (Wildman–Crippen MR) is 46.6 cm³/mol. The summed E-state index contributed by atoms with van der Waals surface area (Å²) < 4.78 is 0. The lowest BCUT2D eigenvalue weighted by Crippen LogP contribution is -1.84. The Labute approximate surface area is 73.6 Å². The lowest BCUT2D eigenvalue weighted by molar-refractivity contribution is 1.21. The van der Waals surface area contributed by atoms with E-state index in [2.05, 4.69) is 20.9 Å². The van der Waals surface area contributed by atoms with Gasteiger partial charge in [-0.05, 0) is 18.1 Å².